The topological polar surface area (TPSA) is 19.0 Å². The number of nitrogens with zero attached hydrogens (tertiary/aromatic N) is 1. The number of benzene rings is 2. The zero-order valence-electron chi connectivity index (χ0n) is 15.1. The molecule has 0 aliphatic carbocycles. The summed E-state index contributed by atoms with van der Waals surface area (Å²) >= 11 is 1.91. The summed E-state index contributed by atoms with van der Waals surface area (Å²) in [6.07, 6.45) is 2.28. The Hall–Kier alpha value is -1.71. The molecule has 1 aromatic heterocycles. The molecular formula is C22H26N2S. The van der Waals surface area contributed by atoms with Crippen LogP contribution < -0.4 is 0 Å². The van der Waals surface area contributed by atoms with E-state index in [4.69, 9.17) is 0 Å². The molecule has 2 aromatic carbocycles. The number of aromatic nitrogens is 1. The Labute approximate surface area is 154 Å². The molecular weight excluding hydrogens is 324 g/mol. The third-order valence-corrected chi connectivity index (χ3v) is 6.17. The summed E-state index contributed by atoms with van der Waals surface area (Å²) < 4.78 is 0. The van der Waals surface area contributed by atoms with Gasteiger partial charge in [0.1, 0.15) is 0 Å². The van der Waals surface area contributed by atoms with Gasteiger partial charge in [0.15, 0.2) is 0 Å². The standard InChI is InChI=1S/C22H26N2S/c1-3-21-22-19(18-7-5-6-8-20(18)23-22)13-14-24(21)15-16-9-11-17(12-10-16)25-4-2/h5-12,21,23H,3-4,13-15H2,1-2H3. The van der Waals surface area contributed by atoms with Gasteiger partial charge in [0, 0.05) is 34.6 Å². The minimum absolute atomic E-state index is 0.487. The number of rotatable bonds is 5. The van der Waals surface area contributed by atoms with Gasteiger partial charge >= 0.3 is 0 Å². The van der Waals surface area contributed by atoms with Crippen molar-refractivity contribution >= 4 is 22.7 Å². The maximum atomic E-state index is 3.71. The van der Waals surface area contributed by atoms with Gasteiger partial charge in [0.2, 0.25) is 0 Å². The second-order valence-electron chi connectivity index (χ2n) is 6.78. The molecule has 0 fully saturated rings. The van der Waals surface area contributed by atoms with Crippen molar-refractivity contribution < 1.29 is 0 Å². The fourth-order valence-corrected chi connectivity index (χ4v) is 4.77. The van der Waals surface area contributed by atoms with Gasteiger partial charge in [-0.25, -0.2) is 0 Å². The van der Waals surface area contributed by atoms with Crippen LogP contribution in [0.4, 0.5) is 0 Å². The minimum atomic E-state index is 0.487. The Morgan fingerprint density at radius 3 is 2.64 bits per heavy atom. The van der Waals surface area contributed by atoms with Gasteiger partial charge < -0.3 is 4.98 Å². The molecule has 0 amide bonds. The highest BCUT2D eigenvalue weighted by atomic mass is 32.2. The molecule has 0 radical (unpaired) electrons. The lowest BCUT2D eigenvalue weighted by atomic mass is 9.95. The van der Waals surface area contributed by atoms with E-state index < -0.39 is 0 Å². The van der Waals surface area contributed by atoms with Crippen LogP contribution in [-0.2, 0) is 13.0 Å². The van der Waals surface area contributed by atoms with Crippen molar-refractivity contribution in [2.45, 2.75) is 44.2 Å². The van der Waals surface area contributed by atoms with E-state index in [0.717, 1.165) is 31.7 Å². The van der Waals surface area contributed by atoms with E-state index >= 15 is 0 Å². The molecule has 0 saturated carbocycles. The molecule has 1 unspecified atom stereocenters. The number of thioether (sulfide) groups is 1. The van der Waals surface area contributed by atoms with Crippen LogP contribution in [0.2, 0.25) is 0 Å². The Bertz CT molecular complexity index is 850. The quantitative estimate of drug-likeness (QED) is 0.587. The van der Waals surface area contributed by atoms with Crippen molar-refractivity contribution in [3.63, 3.8) is 0 Å². The molecule has 3 heteroatoms. The Balaban J connectivity index is 1.59. The van der Waals surface area contributed by atoms with Crippen molar-refractivity contribution in [1.82, 2.24) is 9.88 Å². The Kier molecular flexibility index (Phi) is 4.87. The summed E-state index contributed by atoms with van der Waals surface area (Å²) in [5.74, 6) is 1.13. The first-order chi connectivity index (χ1) is 12.3. The lowest BCUT2D eigenvalue weighted by Gasteiger charge is -2.35. The predicted molar refractivity (Wildman–Crippen MR) is 108 cm³/mol. The molecule has 0 bridgehead atoms. The lowest BCUT2D eigenvalue weighted by Crippen LogP contribution is -2.34. The van der Waals surface area contributed by atoms with Gasteiger partial charge in [-0.15, -0.1) is 11.8 Å². The summed E-state index contributed by atoms with van der Waals surface area (Å²) in [6, 6.07) is 18.4. The van der Waals surface area contributed by atoms with Gasteiger partial charge in [-0.05, 0) is 47.9 Å². The van der Waals surface area contributed by atoms with Crippen LogP contribution in [0, 0.1) is 0 Å². The monoisotopic (exact) mass is 350 g/mol. The number of para-hydroxylation sites is 1. The van der Waals surface area contributed by atoms with E-state index in [1.807, 2.05) is 11.8 Å². The van der Waals surface area contributed by atoms with E-state index in [2.05, 4.69) is 72.3 Å². The maximum absolute atomic E-state index is 3.71. The maximum Gasteiger partial charge on any atom is 0.0502 e. The fraction of sp³-hybridized carbons (Fsp3) is 0.364. The summed E-state index contributed by atoms with van der Waals surface area (Å²) in [7, 11) is 0. The van der Waals surface area contributed by atoms with Crippen LogP contribution >= 0.6 is 11.8 Å². The molecule has 4 rings (SSSR count). The number of H-pyrrole nitrogens is 1. The van der Waals surface area contributed by atoms with Crippen molar-refractivity contribution in [1.29, 1.82) is 0 Å². The van der Waals surface area contributed by atoms with E-state index in [0.29, 0.717) is 6.04 Å². The van der Waals surface area contributed by atoms with Crippen LogP contribution in [0.5, 0.6) is 0 Å². The smallest absolute Gasteiger partial charge is 0.0502 e. The molecule has 0 spiro atoms. The molecule has 25 heavy (non-hydrogen) atoms. The van der Waals surface area contributed by atoms with Crippen LogP contribution in [0.15, 0.2) is 53.4 Å². The van der Waals surface area contributed by atoms with Gasteiger partial charge in [0.25, 0.3) is 0 Å². The minimum Gasteiger partial charge on any atom is -0.357 e. The van der Waals surface area contributed by atoms with Crippen molar-refractivity contribution in [2.24, 2.45) is 0 Å². The number of hydrogen-bond donors (Lipinski definition) is 1. The zero-order valence-corrected chi connectivity index (χ0v) is 15.9. The first-order valence-electron chi connectivity index (χ1n) is 9.35. The van der Waals surface area contributed by atoms with Crippen LogP contribution in [0.1, 0.15) is 43.1 Å². The summed E-state index contributed by atoms with van der Waals surface area (Å²) in [4.78, 5) is 7.72. The summed E-state index contributed by atoms with van der Waals surface area (Å²) in [5.41, 5.74) is 5.67. The van der Waals surface area contributed by atoms with Gasteiger partial charge in [-0.2, -0.15) is 0 Å². The molecule has 0 saturated heterocycles. The lowest BCUT2D eigenvalue weighted by molar-refractivity contribution is 0.168. The molecule has 2 heterocycles. The van der Waals surface area contributed by atoms with E-state index in [1.54, 1.807) is 0 Å². The predicted octanol–water partition coefficient (Wildman–Crippen LogP) is 5.79. The third-order valence-electron chi connectivity index (χ3n) is 5.28. The normalized spacial score (nSPS) is 17.8. The summed E-state index contributed by atoms with van der Waals surface area (Å²) in [6.45, 7) is 6.68. The fourth-order valence-electron chi connectivity index (χ4n) is 4.11. The number of aromatic amines is 1. The van der Waals surface area contributed by atoms with Crippen molar-refractivity contribution in [3.05, 3.63) is 65.4 Å². The van der Waals surface area contributed by atoms with Gasteiger partial charge in [-0.3, -0.25) is 4.90 Å². The Morgan fingerprint density at radius 2 is 1.88 bits per heavy atom. The first-order valence-corrected chi connectivity index (χ1v) is 10.3. The summed E-state index contributed by atoms with van der Waals surface area (Å²) in [5, 5.41) is 1.41. The highest BCUT2D eigenvalue weighted by Crippen LogP contribution is 2.36. The average Bonchev–Trinajstić information content (AvgIpc) is 3.02. The van der Waals surface area contributed by atoms with Crippen LogP contribution in [0.3, 0.4) is 0 Å². The highest BCUT2D eigenvalue weighted by molar-refractivity contribution is 7.99. The van der Waals surface area contributed by atoms with Gasteiger partial charge in [0.05, 0.1) is 6.04 Å². The van der Waals surface area contributed by atoms with E-state index in [1.165, 1.54) is 32.6 Å². The SMILES string of the molecule is CCSc1ccc(CN2CCc3c([nH]c4ccccc34)C2CC)cc1. The molecule has 1 aliphatic heterocycles. The largest absolute Gasteiger partial charge is 0.357 e. The second kappa shape index (κ2) is 7.27. The number of nitrogens with one attached hydrogen (secondary N) is 1. The zero-order chi connectivity index (χ0) is 17.2. The highest BCUT2D eigenvalue weighted by Gasteiger charge is 2.28. The van der Waals surface area contributed by atoms with Crippen LogP contribution in [-0.4, -0.2) is 22.2 Å². The number of hydrogen-bond acceptors (Lipinski definition) is 2. The average molecular weight is 351 g/mol. The Morgan fingerprint density at radius 1 is 1.08 bits per heavy atom. The third kappa shape index (κ3) is 3.23. The van der Waals surface area contributed by atoms with E-state index in [9.17, 15) is 0 Å². The molecule has 1 atom stereocenters. The van der Waals surface area contributed by atoms with Crippen LogP contribution in [0.25, 0.3) is 10.9 Å². The van der Waals surface area contributed by atoms with Crippen molar-refractivity contribution in [3.8, 4) is 0 Å². The van der Waals surface area contributed by atoms with Gasteiger partial charge in [-0.1, -0.05) is 44.2 Å². The first kappa shape index (κ1) is 16.7. The number of fused-ring (bicyclic) bond motifs is 3. The molecule has 1 N–H and O–H groups in total. The molecule has 130 valence electrons. The second-order valence-corrected chi connectivity index (χ2v) is 8.12. The molecule has 2 nitrogen and oxygen atoms in total. The molecule has 3 aromatic rings. The van der Waals surface area contributed by atoms with E-state index in [-0.39, 0.29) is 0 Å². The van der Waals surface area contributed by atoms with Crippen molar-refractivity contribution in [2.75, 3.05) is 12.3 Å². The molecule has 1 aliphatic rings.